The van der Waals surface area contributed by atoms with Crippen molar-refractivity contribution in [2.24, 2.45) is 0 Å². The Morgan fingerprint density at radius 2 is 0.667 bits per heavy atom. The molecule has 0 aliphatic carbocycles. The van der Waals surface area contributed by atoms with E-state index in [1.165, 1.54) is 135 Å². The summed E-state index contributed by atoms with van der Waals surface area (Å²) in [5, 5.41) is 0. The van der Waals surface area contributed by atoms with Crippen LogP contribution in [0.5, 0.6) is 0 Å². The number of carbonyl (C=O) groups is 3. The van der Waals surface area contributed by atoms with E-state index >= 15 is 0 Å². The normalized spacial score (nSPS) is 12.1. The molecule has 0 saturated carbocycles. The molecular formula is C48H88O6. The van der Waals surface area contributed by atoms with E-state index in [9.17, 15) is 14.4 Å². The van der Waals surface area contributed by atoms with E-state index in [1.807, 2.05) is 0 Å². The van der Waals surface area contributed by atoms with Crippen molar-refractivity contribution in [1.82, 2.24) is 0 Å². The van der Waals surface area contributed by atoms with Gasteiger partial charge in [0.1, 0.15) is 13.2 Å². The third-order valence-electron chi connectivity index (χ3n) is 10.2. The van der Waals surface area contributed by atoms with Crippen LogP contribution in [0.2, 0.25) is 0 Å². The smallest absolute Gasteiger partial charge is 0.306 e. The molecule has 0 aliphatic rings. The number of unbranched alkanes of at least 4 members (excludes halogenated alkanes) is 27. The van der Waals surface area contributed by atoms with Crippen LogP contribution in [0, 0.1) is 0 Å². The summed E-state index contributed by atoms with van der Waals surface area (Å²) in [6.45, 7) is 6.58. The SMILES string of the molecule is CCCCC/C=C\C/C=C\CCCCCCCCCC(=O)OC[C@@H](COC(=O)CCCCCCCCCCC)OC(=O)CCCCCCCCCCCC. The van der Waals surface area contributed by atoms with Crippen molar-refractivity contribution in [3.05, 3.63) is 24.3 Å². The molecule has 0 aromatic rings. The number of hydrogen-bond donors (Lipinski definition) is 0. The van der Waals surface area contributed by atoms with Crippen molar-refractivity contribution in [1.29, 1.82) is 0 Å². The van der Waals surface area contributed by atoms with Crippen molar-refractivity contribution < 1.29 is 28.6 Å². The number of esters is 3. The summed E-state index contributed by atoms with van der Waals surface area (Å²) < 4.78 is 16.7. The molecule has 6 nitrogen and oxygen atoms in total. The first-order valence-corrected chi connectivity index (χ1v) is 23.3. The topological polar surface area (TPSA) is 78.9 Å². The minimum Gasteiger partial charge on any atom is -0.462 e. The zero-order chi connectivity index (χ0) is 39.4. The fourth-order valence-corrected chi connectivity index (χ4v) is 6.65. The lowest BCUT2D eigenvalue weighted by atomic mass is 10.1. The summed E-state index contributed by atoms with van der Waals surface area (Å²) in [4.78, 5) is 37.7. The highest BCUT2D eigenvalue weighted by Crippen LogP contribution is 2.15. The van der Waals surface area contributed by atoms with Crippen molar-refractivity contribution in [2.45, 2.75) is 252 Å². The maximum Gasteiger partial charge on any atom is 0.306 e. The molecule has 0 aromatic carbocycles. The molecule has 1 atom stereocenters. The summed E-state index contributed by atoms with van der Waals surface area (Å²) in [5.41, 5.74) is 0. The summed E-state index contributed by atoms with van der Waals surface area (Å²) in [5.74, 6) is -0.876. The Bertz CT molecular complexity index is 880. The molecule has 0 spiro atoms. The monoisotopic (exact) mass is 761 g/mol. The van der Waals surface area contributed by atoms with Gasteiger partial charge in [0.15, 0.2) is 6.10 Å². The lowest BCUT2D eigenvalue weighted by Crippen LogP contribution is -2.30. The molecule has 6 heteroatoms. The van der Waals surface area contributed by atoms with Gasteiger partial charge in [0.05, 0.1) is 0 Å². The van der Waals surface area contributed by atoms with Crippen molar-refractivity contribution in [2.75, 3.05) is 13.2 Å². The lowest BCUT2D eigenvalue weighted by Gasteiger charge is -2.18. The molecule has 0 bridgehead atoms. The number of carbonyl (C=O) groups excluding carboxylic acids is 3. The van der Waals surface area contributed by atoms with E-state index < -0.39 is 6.10 Å². The fraction of sp³-hybridized carbons (Fsp3) is 0.854. The second-order valence-corrected chi connectivity index (χ2v) is 15.7. The van der Waals surface area contributed by atoms with Crippen LogP contribution >= 0.6 is 0 Å². The van der Waals surface area contributed by atoms with Gasteiger partial charge in [0, 0.05) is 19.3 Å². The summed E-state index contributed by atoms with van der Waals surface area (Å²) in [6, 6.07) is 0. The van der Waals surface area contributed by atoms with Crippen LogP contribution in [-0.2, 0) is 28.6 Å². The number of hydrogen-bond acceptors (Lipinski definition) is 6. The Labute approximate surface area is 334 Å². The molecule has 0 aliphatic heterocycles. The quantitative estimate of drug-likeness (QED) is 0.0267. The maximum atomic E-state index is 12.7. The Morgan fingerprint density at radius 1 is 0.370 bits per heavy atom. The van der Waals surface area contributed by atoms with E-state index in [2.05, 4.69) is 45.1 Å². The van der Waals surface area contributed by atoms with Crippen LogP contribution in [0.1, 0.15) is 245 Å². The zero-order valence-electron chi connectivity index (χ0n) is 36.0. The van der Waals surface area contributed by atoms with E-state index in [4.69, 9.17) is 14.2 Å². The molecule has 0 fully saturated rings. The van der Waals surface area contributed by atoms with Gasteiger partial charge in [0.2, 0.25) is 0 Å². The third-order valence-corrected chi connectivity index (χ3v) is 10.2. The molecule has 316 valence electrons. The lowest BCUT2D eigenvalue weighted by molar-refractivity contribution is -0.167. The summed E-state index contributed by atoms with van der Waals surface area (Å²) in [6.07, 6.45) is 47.3. The Balaban J connectivity index is 4.29. The highest BCUT2D eigenvalue weighted by Gasteiger charge is 2.19. The first-order valence-electron chi connectivity index (χ1n) is 23.3. The molecule has 0 amide bonds. The Morgan fingerprint density at radius 3 is 1.06 bits per heavy atom. The van der Waals surface area contributed by atoms with Gasteiger partial charge in [-0.25, -0.2) is 0 Å². The fourth-order valence-electron chi connectivity index (χ4n) is 6.65. The minimum absolute atomic E-state index is 0.0702. The molecule has 0 heterocycles. The van der Waals surface area contributed by atoms with E-state index in [0.29, 0.717) is 19.3 Å². The van der Waals surface area contributed by atoms with Gasteiger partial charge in [-0.3, -0.25) is 14.4 Å². The van der Waals surface area contributed by atoms with Gasteiger partial charge in [-0.15, -0.1) is 0 Å². The molecule has 0 rings (SSSR count). The minimum atomic E-state index is -0.765. The van der Waals surface area contributed by atoms with E-state index in [1.54, 1.807) is 0 Å². The second kappa shape index (κ2) is 43.6. The molecule has 0 N–H and O–H groups in total. The van der Waals surface area contributed by atoms with Gasteiger partial charge in [-0.2, -0.15) is 0 Å². The predicted octanol–water partition coefficient (Wildman–Crippen LogP) is 14.8. The third kappa shape index (κ3) is 41.1. The average molecular weight is 761 g/mol. The number of ether oxygens (including phenoxy) is 3. The van der Waals surface area contributed by atoms with Crippen LogP contribution in [0.4, 0.5) is 0 Å². The van der Waals surface area contributed by atoms with E-state index in [-0.39, 0.29) is 31.1 Å². The summed E-state index contributed by atoms with van der Waals surface area (Å²) in [7, 11) is 0. The van der Waals surface area contributed by atoms with Gasteiger partial charge in [-0.1, -0.05) is 199 Å². The summed E-state index contributed by atoms with van der Waals surface area (Å²) >= 11 is 0. The highest BCUT2D eigenvalue weighted by atomic mass is 16.6. The van der Waals surface area contributed by atoms with Crippen LogP contribution in [0.3, 0.4) is 0 Å². The van der Waals surface area contributed by atoms with Crippen LogP contribution in [-0.4, -0.2) is 37.2 Å². The van der Waals surface area contributed by atoms with Crippen molar-refractivity contribution in [3.63, 3.8) is 0 Å². The van der Waals surface area contributed by atoms with Gasteiger partial charge < -0.3 is 14.2 Å². The molecule has 0 aromatic heterocycles. The van der Waals surface area contributed by atoms with Gasteiger partial charge in [-0.05, 0) is 51.4 Å². The molecule has 0 unspecified atom stereocenters. The highest BCUT2D eigenvalue weighted by molar-refractivity contribution is 5.71. The number of rotatable bonds is 42. The van der Waals surface area contributed by atoms with Crippen LogP contribution < -0.4 is 0 Å². The van der Waals surface area contributed by atoms with Gasteiger partial charge in [0.25, 0.3) is 0 Å². The molecular weight excluding hydrogens is 673 g/mol. The largest absolute Gasteiger partial charge is 0.462 e. The van der Waals surface area contributed by atoms with E-state index in [0.717, 1.165) is 70.6 Å². The Kier molecular flexibility index (Phi) is 41.9. The zero-order valence-corrected chi connectivity index (χ0v) is 36.0. The van der Waals surface area contributed by atoms with Crippen molar-refractivity contribution in [3.8, 4) is 0 Å². The molecule has 54 heavy (non-hydrogen) atoms. The number of allylic oxidation sites excluding steroid dienone is 4. The molecule has 0 radical (unpaired) electrons. The predicted molar refractivity (Wildman–Crippen MR) is 229 cm³/mol. The first-order chi connectivity index (χ1) is 26.5. The van der Waals surface area contributed by atoms with Crippen LogP contribution in [0.25, 0.3) is 0 Å². The van der Waals surface area contributed by atoms with Crippen LogP contribution in [0.15, 0.2) is 24.3 Å². The Hall–Kier alpha value is -2.11. The standard InChI is InChI=1S/C48H88O6/c1-4-7-10-13-16-19-21-22-23-24-25-26-27-30-32-35-38-41-47(50)53-44-45(43-52-46(49)40-37-34-31-28-18-15-12-9-6-3)54-48(51)42-39-36-33-29-20-17-14-11-8-5-2/h16,19,22-23,45H,4-15,17-18,20-21,24-44H2,1-3H3/b19-16-,23-22-/t45-/m1/s1. The second-order valence-electron chi connectivity index (χ2n) is 15.7. The average Bonchev–Trinajstić information content (AvgIpc) is 3.17. The molecule has 0 saturated heterocycles. The van der Waals surface area contributed by atoms with Gasteiger partial charge >= 0.3 is 17.9 Å². The maximum absolute atomic E-state index is 12.7. The first kappa shape index (κ1) is 51.9. The van der Waals surface area contributed by atoms with Crippen molar-refractivity contribution >= 4 is 17.9 Å².